The van der Waals surface area contributed by atoms with E-state index < -0.39 is 0 Å². The Morgan fingerprint density at radius 2 is 1.59 bits per heavy atom. The number of amides is 1. The first kappa shape index (κ1) is 28.0. The third-order valence-corrected chi connectivity index (χ3v) is 8.95. The SMILES string of the molecule is O=C(c1ccc(Cn2c(SCc3cccc(F)c3)nc3cc4c(cc3c2=O)OCO4)cc1)N1CCN(c2ccccc2)CC1. The van der Waals surface area contributed by atoms with Crippen LogP contribution in [0.15, 0.2) is 101 Å². The van der Waals surface area contributed by atoms with Gasteiger partial charge in [0.05, 0.1) is 17.4 Å². The number of ether oxygens (including phenoxy) is 2. The van der Waals surface area contributed by atoms with Gasteiger partial charge in [-0.15, -0.1) is 0 Å². The lowest BCUT2D eigenvalue weighted by atomic mass is 10.1. The molecular weight excluding hydrogens is 579 g/mol. The summed E-state index contributed by atoms with van der Waals surface area (Å²) in [4.78, 5) is 36.1. The Bertz CT molecular complexity index is 1890. The molecule has 0 N–H and O–H groups in total. The Labute approximate surface area is 257 Å². The number of thioether (sulfide) groups is 1. The molecule has 1 fully saturated rings. The molecule has 0 unspecified atom stereocenters. The van der Waals surface area contributed by atoms with E-state index >= 15 is 0 Å². The Hall–Kier alpha value is -4.83. The topological polar surface area (TPSA) is 76.9 Å². The van der Waals surface area contributed by atoms with Crippen molar-refractivity contribution in [2.24, 2.45) is 0 Å². The van der Waals surface area contributed by atoms with Crippen LogP contribution in [-0.2, 0) is 12.3 Å². The van der Waals surface area contributed by atoms with Crippen molar-refractivity contribution in [1.82, 2.24) is 14.5 Å². The number of benzene rings is 4. The summed E-state index contributed by atoms with van der Waals surface area (Å²) >= 11 is 1.36. The molecule has 5 aromatic rings. The van der Waals surface area contributed by atoms with Crippen LogP contribution < -0.4 is 19.9 Å². The van der Waals surface area contributed by atoms with Crippen LogP contribution in [0.2, 0.25) is 0 Å². The molecule has 10 heteroatoms. The second-order valence-electron chi connectivity index (χ2n) is 10.7. The van der Waals surface area contributed by atoms with Gasteiger partial charge in [0.15, 0.2) is 16.7 Å². The maximum absolute atomic E-state index is 13.8. The average molecular weight is 609 g/mol. The molecule has 1 amide bonds. The smallest absolute Gasteiger partial charge is 0.262 e. The molecule has 0 saturated carbocycles. The highest BCUT2D eigenvalue weighted by atomic mass is 32.2. The van der Waals surface area contributed by atoms with Crippen LogP contribution in [0.1, 0.15) is 21.5 Å². The van der Waals surface area contributed by atoms with Crippen molar-refractivity contribution >= 4 is 34.3 Å². The molecule has 1 saturated heterocycles. The zero-order valence-corrected chi connectivity index (χ0v) is 24.6. The maximum atomic E-state index is 13.8. The summed E-state index contributed by atoms with van der Waals surface area (Å²) in [5.74, 6) is 1.18. The van der Waals surface area contributed by atoms with Gasteiger partial charge in [0.2, 0.25) is 6.79 Å². The third kappa shape index (κ3) is 5.72. The molecule has 0 aliphatic carbocycles. The second kappa shape index (κ2) is 12.0. The number of anilines is 1. The van der Waals surface area contributed by atoms with E-state index in [4.69, 9.17) is 14.5 Å². The van der Waals surface area contributed by atoms with Crippen molar-refractivity contribution in [2.45, 2.75) is 17.5 Å². The number of carbonyl (C=O) groups excluding carboxylic acids is 1. The molecule has 2 aliphatic heterocycles. The molecule has 44 heavy (non-hydrogen) atoms. The van der Waals surface area contributed by atoms with Gasteiger partial charge in [0, 0.05) is 49.2 Å². The summed E-state index contributed by atoms with van der Waals surface area (Å²) in [5.41, 5.74) is 3.71. The molecule has 8 nitrogen and oxygen atoms in total. The number of rotatable bonds is 7. The van der Waals surface area contributed by atoms with E-state index in [1.165, 1.54) is 29.6 Å². The Morgan fingerprint density at radius 3 is 2.34 bits per heavy atom. The minimum atomic E-state index is -0.313. The summed E-state index contributed by atoms with van der Waals surface area (Å²) in [6.07, 6.45) is 0. The Morgan fingerprint density at radius 1 is 0.841 bits per heavy atom. The van der Waals surface area contributed by atoms with E-state index in [2.05, 4.69) is 17.0 Å². The first-order chi connectivity index (χ1) is 21.5. The minimum Gasteiger partial charge on any atom is -0.454 e. The summed E-state index contributed by atoms with van der Waals surface area (Å²) in [7, 11) is 0. The van der Waals surface area contributed by atoms with Crippen LogP contribution in [-0.4, -0.2) is 53.3 Å². The highest BCUT2D eigenvalue weighted by Gasteiger charge is 2.23. The van der Waals surface area contributed by atoms with Crippen LogP contribution >= 0.6 is 11.8 Å². The number of piperazine rings is 1. The van der Waals surface area contributed by atoms with Crippen molar-refractivity contribution in [3.63, 3.8) is 0 Å². The molecule has 0 spiro atoms. The lowest BCUT2D eigenvalue weighted by Crippen LogP contribution is -2.48. The molecule has 2 aliphatic rings. The van der Waals surface area contributed by atoms with Crippen molar-refractivity contribution in [3.05, 3.63) is 124 Å². The monoisotopic (exact) mass is 608 g/mol. The highest BCUT2D eigenvalue weighted by molar-refractivity contribution is 7.98. The van der Waals surface area contributed by atoms with E-state index in [9.17, 15) is 14.0 Å². The molecule has 1 aromatic heterocycles. The fraction of sp³-hybridized carbons (Fsp3) is 0.206. The van der Waals surface area contributed by atoms with Gasteiger partial charge in [-0.25, -0.2) is 9.37 Å². The predicted octanol–water partition coefficient (Wildman–Crippen LogP) is 5.57. The summed E-state index contributed by atoms with van der Waals surface area (Å²) in [6.45, 7) is 3.21. The van der Waals surface area contributed by atoms with Gasteiger partial charge in [-0.1, -0.05) is 54.2 Å². The number of para-hydroxylation sites is 1. The normalized spacial score (nSPS) is 14.3. The van der Waals surface area contributed by atoms with Gasteiger partial charge in [-0.2, -0.15) is 0 Å². The highest BCUT2D eigenvalue weighted by Crippen LogP contribution is 2.35. The van der Waals surface area contributed by atoms with Gasteiger partial charge in [-0.3, -0.25) is 14.2 Å². The number of fused-ring (bicyclic) bond motifs is 2. The van der Waals surface area contributed by atoms with Gasteiger partial charge in [-0.05, 0) is 53.6 Å². The van der Waals surface area contributed by atoms with Crippen LogP contribution in [0.3, 0.4) is 0 Å². The van der Waals surface area contributed by atoms with Crippen molar-refractivity contribution in [2.75, 3.05) is 37.9 Å². The molecule has 222 valence electrons. The molecular formula is C34H29FN4O4S. The Balaban J connectivity index is 1.11. The standard InChI is InChI=1S/C34H29FN4O4S/c35-26-6-4-5-24(17-26)21-44-34-36-29-19-31-30(42-22-43-31)18-28(29)33(41)39(34)20-23-9-11-25(12-10-23)32(40)38-15-13-37(14-16-38)27-7-2-1-3-8-27/h1-12,17-19H,13-16,20-22H2. The number of halogens is 1. The minimum absolute atomic E-state index is 0.00351. The number of hydrogen-bond acceptors (Lipinski definition) is 7. The molecule has 3 heterocycles. The zero-order valence-electron chi connectivity index (χ0n) is 23.8. The van der Waals surface area contributed by atoms with E-state index in [0.29, 0.717) is 52.0 Å². The van der Waals surface area contributed by atoms with E-state index in [-0.39, 0.29) is 30.6 Å². The van der Waals surface area contributed by atoms with Gasteiger partial charge in [0.1, 0.15) is 5.82 Å². The van der Waals surface area contributed by atoms with Crippen molar-refractivity contribution < 1.29 is 18.7 Å². The zero-order chi connectivity index (χ0) is 30.0. The molecule has 0 bridgehead atoms. The maximum Gasteiger partial charge on any atom is 0.262 e. The number of nitrogens with zero attached hydrogens (tertiary/aromatic N) is 4. The van der Waals surface area contributed by atoms with Gasteiger partial charge < -0.3 is 19.3 Å². The first-order valence-electron chi connectivity index (χ1n) is 14.4. The van der Waals surface area contributed by atoms with E-state index in [1.807, 2.05) is 53.4 Å². The first-order valence-corrected chi connectivity index (χ1v) is 15.4. The predicted molar refractivity (Wildman–Crippen MR) is 168 cm³/mol. The third-order valence-electron chi connectivity index (χ3n) is 7.90. The Kier molecular flexibility index (Phi) is 7.66. The van der Waals surface area contributed by atoms with E-state index in [1.54, 1.807) is 22.8 Å². The molecule has 0 radical (unpaired) electrons. The summed E-state index contributed by atoms with van der Waals surface area (Å²) in [5, 5.41) is 0.924. The average Bonchev–Trinajstić information content (AvgIpc) is 3.52. The van der Waals surface area contributed by atoms with E-state index in [0.717, 1.165) is 24.2 Å². The molecule has 0 atom stereocenters. The van der Waals surface area contributed by atoms with Crippen LogP contribution in [0.25, 0.3) is 10.9 Å². The summed E-state index contributed by atoms with van der Waals surface area (Å²) < 4.78 is 26.4. The van der Waals surface area contributed by atoms with Gasteiger partial charge in [0.25, 0.3) is 11.5 Å². The number of aromatic nitrogens is 2. The van der Waals surface area contributed by atoms with Crippen LogP contribution in [0, 0.1) is 5.82 Å². The largest absolute Gasteiger partial charge is 0.454 e. The fourth-order valence-corrected chi connectivity index (χ4v) is 6.48. The quantitative estimate of drug-likeness (QED) is 0.177. The van der Waals surface area contributed by atoms with Gasteiger partial charge >= 0.3 is 0 Å². The van der Waals surface area contributed by atoms with Crippen molar-refractivity contribution in [3.8, 4) is 11.5 Å². The number of hydrogen-bond donors (Lipinski definition) is 0. The summed E-state index contributed by atoms with van der Waals surface area (Å²) in [6, 6.07) is 27.4. The fourth-order valence-electron chi connectivity index (χ4n) is 5.54. The molecule has 4 aromatic carbocycles. The van der Waals surface area contributed by atoms with Crippen LogP contribution in [0.4, 0.5) is 10.1 Å². The second-order valence-corrected chi connectivity index (χ2v) is 11.7. The van der Waals surface area contributed by atoms with Crippen molar-refractivity contribution in [1.29, 1.82) is 0 Å². The lowest BCUT2D eigenvalue weighted by Gasteiger charge is -2.36. The number of carbonyl (C=O) groups is 1. The molecule has 7 rings (SSSR count). The lowest BCUT2D eigenvalue weighted by molar-refractivity contribution is 0.0746. The van der Waals surface area contributed by atoms with Crippen LogP contribution in [0.5, 0.6) is 11.5 Å².